The SMILES string of the molecule is CCCc1cccc(C(NCC)C2(OCC)CCCC2)c1. The quantitative estimate of drug-likeness (QED) is 0.753. The highest BCUT2D eigenvalue weighted by atomic mass is 16.5. The first kappa shape index (κ1) is 16.5. The second kappa shape index (κ2) is 7.95. The van der Waals surface area contributed by atoms with Gasteiger partial charge >= 0.3 is 0 Å². The molecule has 1 saturated carbocycles. The highest BCUT2D eigenvalue weighted by Gasteiger charge is 2.42. The van der Waals surface area contributed by atoms with E-state index in [2.05, 4.69) is 50.4 Å². The van der Waals surface area contributed by atoms with Crippen LogP contribution in [-0.4, -0.2) is 18.8 Å². The Hall–Kier alpha value is -0.860. The van der Waals surface area contributed by atoms with Crippen LogP contribution in [0.25, 0.3) is 0 Å². The molecule has 1 aromatic carbocycles. The molecule has 1 aromatic rings. The van der Waals surface area contributed by atoms with Crippen LogP contribution in [0.15, 0.2) is 24.3 Å². The lowest BCUT2D eigenvalue weighted by molar-refractivity contribution is -0.0623. The molecule has 0 heterocycles. The Bertz CT molecular complexity index is 423. The second-order valence-corrected chi connectivity index (χ2v) is 6.19. The molecule has 0 bridgehead atoms. The largest absolute Gasteiger partial charge is 0.373 e. The number of likely N-dealkylation sites (N-methyl/N-ethyl adjacent to an activating group) is 1. The van der Waals surface area contributed by atoms with E-state index >= 15 is 0 Å². The molecule has 0 spiro atoms. The lowest BCUT2D eigenvalue weighted by Gasteiger charge is -2.38. The van der Waals surface area contributed by atoms with Crippen molar-refractivity contribution in [1.29, 1.82) is 0 Å². The molecule has 1 aliphatic carbocycles. The average Bonchev–Trinajstić information content (AvgIpc) is 2.95. The Morgan fingerprint density at radius 2 is 1.95 bits per heavy atom. The summed E-state index contributed by atoms with van der Waals surface area (Å²) in [6.07, 6.45) is 7.29. The second-order valence-electron chi connectivity index (χ2n) is 6.19. The molecule has 2 rings (SSSR count). The third-order valence-corrected chi connectivity index (χ3v) is 4.64. The van der Waals surface area contributed by atoms with E-state index in [0.717, 1.165) is 19.6 Å². The minimum absolute atomic E-state index is 0.00437. The molecule has 0 radical (unpaired) electrons. The number of hydrogen-bond acceptors (Lipinski definition) is 2. The van der Waals surface area contributed by atoms with Crippen molar-refractivity contribution in [2.45, 2.75) is 70.9 Å². The van der Waals surface area contributed by atoms with Crippen LogP contribution in [0.4, 0.5) is 0 Å². The number of nitrogens with one attached hydrogen (secondary N) is 1. The van der Waals surface area contributed by atoms with E-state index in [0.29, 0.717) is 6.04 Å². The maximum Gasteiger partial charge on any atom is 0.0876 e. The van der Waals surface area contributed by atoms with Crippen molar-refractivity contribution < 1.29 is 4.74 Å². The molecular formula is C19H31NO. The number of rotatable bonds is 8. The van der Waals surface area contributed by atoms with E-state index in [-0.39, 0.29) is 5.60 Å². The van der Waals surface area contributed by atoms with E-state index in [9.17, 15) is 0 Å². The molecule has 2 heteroatoms. The highest BCUT2D eigenvalue weighted by Crippen LogP contribution is 2.43. The van der Waals surface area contributed by atoms with E-state index in [1.54, 1.807) is 0 Å². The molecule has 0 saturated heterocycles. The molecule has 1 N–H and O–H groups in total. The van der Waals surface area contributed by atoms with Gasteiger partial charge < -0.3 is 10.1 Å². The first-order valence-electron chi connectivity index (χ1n) is 8.72. The standard InChI is InChI=1S/C19H31NO/c1-4-10-16-11-9-12-17(15-16)18(20-5-2)19(21-6-3)13-7-8-14-19/h9,11-12,15,18,20H,4-8,10,13-14H2,1-3H3. The molecule has 1 fully saturated rings. The van der Waals surface area contributed by atoms with Gasteiger partial charge in [0.15, 0.2) is 0 Å². The molecule has 0 aliphatic heterocycles. The Morgan fingerprint density at radius 3 is 2.57 bits per heavy atom. The van der Waals surface area contributed by atoms with Gasteiger partial charge in [-0.2, -0.15) is 0 Å². The molecule has 0 aromatic heterocycles. The zero-order valence-electron chi connectivity index (χ0n) is 14.0. The lowest BCUT2D eigenvalue weighted by Crippen LogP contribution is -2.44. The average molecular weight is 289 g/mol. The summed E-state index contributed by atoms with van der Waals surface area (Å²) in [6.45, 7) is 8.34. The van der Waals surface area contributed by atoms with Crippen LogP contribution >= 0.6 is 0 Å². The normalized spacial score (nSPS) is 18.8. The van der Waals surface area contributed by atoms with Crippen molar-refractivity contribution >= 4 is 0 Å². The van der Waals surface area contributed by atoms with E-state index in [1.807, 2.05) is 0 Å². The monoisotopic (exact) mass is 289 g/mol. The smallest absolute Gasteiger partial charge is 0.0876 e. The highest BCUT2D eigenvalue weighted by molar-refractivity contribution is 5.29. The number of hydrogen-bond donors (Lipinski definition) is 1. The Morgan fingerprint density at radius 1 is 1.19 bits per heavy atom. The maximum atomic E-state index is 6.30. The summed E-state index contributed by atoms with van der Waals surface area (Å²) < 4.78 is 6.30. The lowest BCUT2D eigenvalue weighted by atomic mass is 9.85. The fraction of sp³-hybridized carbons (Fsp3) is 0.684. The van der Waals surface area contributed by atoms with Crippen molar-refractivity contribution in [2.24, 2.45) is 0 Å². The Kier molecular flexibility index (Phi) is 6.25. The number of ether oxygens (including phenoxy) is 1. The van der Waals surface area contributed by atoms with Gasteiger partial charge in [-0.05, 0) is 43.9 Å². The van der Waals surface area contributed by atoms with Gasteiger partial charge in [0.05, 0.1) is 11.6 Å². The van der Waals surface area contributed by atoms with Gasteiger partial charge in [0.25, 0.3) is 0 Å². The van der Waals surface area contributed by atoms with Gasteiger partial charge in [-0.25, -0.2) is 0 Å². The summed E-state index contributed by atoms with van der Waals surface area (Å²) in [6, 6.07) is 9.43. The van der Waals surface area contributed by atoms with Gasteiger partial charge in [-0.15, -0.1) is 0 Å². The summed E-state index contributed by atoms with van der Waals surface area (Å²) in [5.41, 5.74) is 2.84. The zero-order chi connectivity index (χ0) is 15.1. The van der Waals surface area contributed by atoms with Crippen LogP contribution in [0.2, 0.25) is 0 Å². The molecule has 2 nitrogen and oxygen atoms in total. The van der Waals surface area contributed by atoms with Crippen molar-refractivity contribution in [3.63, 3.8) is 0 Å². The van der Waals surface area contributed by atoms with Crippen molar-refractivity contribution in [1.82, 2.24) is 5.32 Å². The predicted octanol–water partition coefficient (Wildman–Crippen LogP) is 4.64. The van der Waals surface area contributed by atoms with Gasteiger partial charge in [-0.1, -0.05) is 57.4 Å². The van der Waals surface area contributed by atoms with Gasteiger partial charge in [0.1, 0.15) is 0 Å². The van der Waals surface area contributed by atoms with Crippen LogP contribution < -0.4 is 5.32 Å². The van der Waals surface area contributed by atoms with E-state index < -0.39 is 0 Å². The van der Waals surface area contributed by atoms with Gasteiger partial charge in [0, 0.05) is 6.61 Å². The topological polar surface area (TPSA) is 21.3 Å². The Labute approximate surface area is 130 Å². The minimum Gasteiger partial charge on any atom is -0.373 e. The molecule has 21 heavy (non-hydrogen) atoms. The zero-order valence-corrected chi connectivity index (χ0v) is 14.0. The molecular weight excluding hydrogens is 258 g/mol. The summed E-state index contributed by atoms with van der Waals surface area (Å²) in [7, 11) is 0. The minimum atomic E-state index is -0.00437. The summed E-state index contributed by atoms with van der Waals surface area (Å²) in [4.78, 5) is 0. The Balaban J connectivity index is 2.30. The van der Waals surface area contributed by atoms with E-state index in [4.69, 9.17) is 4.74 Å². The fourth-order valence-electron chi connectivity index (χ4n) is 3.81. The predicted molar refractivity (Wildman–Crippen MR) is 89.7 cm³/mol. The van der Waals surface area contributed by atoms with Crippen molar-refractivity contribution in [2.75, 3.05) is 13.2 Å². The molecule has 0 amide bonds. The number of aryl methyl sites for hydroxylation is 1. The third-order valence-electron chi connectivity index (χ3n) is 4.64. The van der Waals surface area contributed by atoms with E-state index in [1.165, 1.54) is 43.2 Å². The van der Waals surface area contributed by atoms with Crippen LogP contribution in [0.3, 0.4) is 0 Å². The first-order chi connectivity index (χ1) is 10.3. The van der Waals surface area contributed by atoms with Crippen LogP contribution in [0, 0.1) is 0 Å². The molecule has 1 aliphatic rings. The maximum absolute atomic E-state index is 6.30. The van der Waals surface area contributed by atoms with Crippen molar-refractivity contribution in [3.8, 4) is 0 Å². The first-order valence-corrected chi connectivity index (χ1v) is 8.72. The number of benzene rings is 1. The fourth-order valence-corrected chi connectivity index (χ4v) is 3.81. The summed E-state index contributed by atoms with van der Waals surface area (Å²) >= 11 is 0. The van der Waals surface area contributed by atoms with Crippen LogP contribution in [0.1, 0.15) is 70.0 Å². The third kappa shape index (κ3) is 3.87. The van der Waals surface area contributed by atoms with Gasteiger partial charge in [-0.3, -0.25) is 0 Å². The molecule has 118 valence electrons. The summed E-state index contributed by atoms with van der Waals surface area (Å²) in [5.74, 6) is 0. The van der Waals surface area contributed by atoms with Gasteiger partial charge in [0.2, 0.25) is 0 Å². The summed E-state index contributed by atoms with van der Waals surface area (Å²) in [5, 5.41) is 3.71. The molecule has 1 atom stereocenters. The molecule has 1 unspecified atom stereocenters. The van der Waals surface area contributed by atoms with Crippen molar-refractivity contribution in [3.05, 3.63) is 35.4 Å². The van der Waals surface area contributed by atoms with Crippen LogP contribution in [0.5, 0.6) is 0 Å². The van der Waals surface area contributed by atoms with Crippen LogP contribution in [-0.2, 0) is 11.2 Å².